The summed E-state index contributed by atoms with van der Waals surface area (Å²) in [5, 5.41) is 8.65. The molecule has 4 heterocycles. The molecule has 1 aromatic carbocycles. The topological polar surface area (TPSA) is 84.7 Å². The third-order valence-electron chi connectivity index (χ3n) is 5.69. The number of carbonyl (C=O) groups is 1. The molecule has 0 radical (unpaired) electrons. The second kappa shape index (κ2) is 9.90. The Morgan fingerprint density at radius 3 is 2.71 bits per heavy atom. The Kier molecular flexibility index (Phi) is 6.36. The number of carbonyl (C=O) groups excluding carboxylic acids is 1. The van der Waals surface area contributed by atoms with Crippen LogP contribution in [0.1, 0.15) is 6.42 Å². The van der Waals surface area contributed by atoms with Gasteiger partial charge in [-0.25, -0.2) is 9.31 Å². The van der Waals surface area contributed by atoms with Gasteiger partial charge in [0.15, 0.2) is 0 Å². The van der Waals surface area contributed by atoms with Gasteiger partial charge in [-0.05, 0) is 63.0 Å². The number of pyridine rings is 3. The first-order valence-electron chi connectivity index (χ1n) is 11.5. The summed E-state index contributed by atoms with van der Waals surface area (Å²) in [7, 11) is 4.00. The summed E-state index contributed by atoms with van der Waals surface area (Å²) < 4.78 is 7.38. The van der Waals surface area contributed by atoms with Crippen molar-refractivity contribution in [2.45, 2.75) is 6.42 Å². The van der Waals surface area contributed by atoms with E-state index in [0.717, 1.165) is 51.9 Å². The van der Waals surface area contributed by atoms with Crippen molar-refractivity contribution in [3.63, 3.8) is 0 Å². The molecule has 1 amide bonds. The van der Waals surface area contributed by atoms with E-state index >= 15 is 0 Å². The molecule has 0 aliphatic heterocycles. The van der Waals surface area contributed by atoms with Crippen LogP contribution in [0.5, 0.6) is 5.75 Å². The SMILES string of the molecule is CN(C)CCCNC(=O)Oc1ccn2nc(-c3ccccn3)c(-c3ccnc4ccccc34)c2c1. The van der Waals surface area contributed by atoms with E-state index in [0.29, 0.717) is 12.3 Å². The number of benzene rings is 1. The Labute approximate surface area is 203 Å². The monoisotopic (exact) mass is 466 g/mol. The fraction of sp³-hybridized carbons (Fsp3) is 0.185. The summed E-state index contributed by atoms with van der Waals surface area (Å²) in [6, 6.07) is 19.3. The molecule has 8 heteroatoms. The maximum atomic E-state index is 12.4. The van der Waals surface area contributed by atoms with Crippen LogP contribution < -0.4 is 10.1 Å². The zero-order valence-corrected chi connectivity index (χ0v) is 19.7. The molecule has 0 saturated carbocycles. The van der Waals surface area contributed by atoms with Crippen molar-refractivity contribution in [2.75, 3.05) is 27.2 Å². The highest BCUT2D eigenvalue weighted by Crippen LogP contribution is 2.38. The van der Waals surface area contributed by atoms with Gasteiger partial charge in [-0.1, -0.05) is 24.3 Å². The van der Waals surface area contributed by atoms with Crippen LogP contribution in [0.2, 0.25) is 0 Å². The van der Waals surface area contributed by atoms with Crippen LogP contribution in [0.15, 0.2) is 79.3 Å². The highest BCUT2D eigenvalue weighted by Gasteiger charge is 2.20. The molecule has 5 rings (SSSR count). The van der Waals surface area contributed by atoms with Crippen LogP contribution in [-0.2, 0) is 0 Å². The summed E-state index contributed by atoms with van der Waals surface area (Å²) >= 11 is 0. The number of hydrogen-bond donors (Lipinski definition) is 1. The normalized spacial score (nSPS) is 11.3. The quantitative estimate of drug-likeness (QED) is 0.352. The molecule has 0 spiro atoms. The van der Waals surface area contributed by atoms with Crippen molar-refractivity contribution in [3.8, 4) is 28.3 Å². The van der Waals surface area contributed by atoms with Crippen LogP contribution in [0.3, 0.4) is 0 Å². The summed E-state index contributed by atoms with van der Waals surface area (Å²) in [6.45, 7) is 1.44. The molecule has 1 N–H and O–H groups in total. The summed E-state index contributed by atoms with van der Waals surface area (Å²) in [6.07, 6.45) is 5.71. The molecule has 8 nitrogen and oxygen atoms in total. The van der Waals surface area contributed by atoms with Crippen LogP contribution in [0, 0.1) is 0 Å². The largest absolute Gasteiger partial charge is 0.412 e. The van der Waals surface area contributed by atoms with Crippen molar-refractivity contribution in [3.05, 3.63) is 79.3 Å². The average molecular weight is 467 g/mol. The fourth-order valence-electron chi connectivity index (χ4n) is 4.08. The fourth-order valence-corrected chi connectivity index (χ4v) is 4.08. The van der Waals surface area contributed by atoms with Crippen LogP contribution in [0.4, 0.5) is 4.79 Å². The first-order valence-corrected chi connectivity index (χ1v) is 11.5. The first-order chi connectivity index (χ1) is 17.1. The number of amides is 1. The van der Waals surface area contributed by atoms with Gasteiger partial charge in [0.05, 0.1) is 16.7 Å². The molecule has 0 aliphatic rings. The molecular formula is C27H26N6O2. The minimum Gasteiger partial charge on any atom is -0.410 e. The van der Waals surface area contributed by atoms with E-state index in [1.54, 1.807) is 29.2 Å². The van der Waals surface area contributed by atoms with Gasteiger partial charge in [-0.15, -0.1) is 0 Å². The van der Waals surface area contributed by atoms with E-state index in [9.17, 15) is 4.79 Å². The molecule has 0 fully saturated rings. The lowest BCUT2D eigenvalue weighted by atomic mass is 9.98. The highest BCUT2D eigenvalue weighted by molar-refractivity contribution is 6.03. The van der Waals surface area contributed by atoms with E-state index in [1.165, 1.54) is 0 Å². The minimum atomic E-state index is -0.478. The predicted octanol–water partition coefficient (Wildman–Crippen LogP) is 4.65. The van der Waals surface area contributed by atoms with Crippen molar-refractivity contribution < 1.29 is 9.53 Å². The van der Waals surface area contributed by atoms with Crippen molar-refractivity contribution >= 4 is 22.5 Å². The molecule has 176 valence electrons. The number of nitrogens with zero attached hydrogens (tertiary/aromatic N) is 5. The summed E-state index contributed by atoms with van der Waals surface area (Å²) in [4.78, 5) is 23.5. The van der Waals surface area contributed by atoms with E-state index in [4.69, 9.17) is 9.84 Å². The lowest BCUT2D eigenvalue weighted by Gasteiger charge is -2.10. The van der Waals surface area contributed by atoms with Crippen molar-refractivity contribution in [1.82, 2.24) is 29.8 Å². The maximum absolute atomic E-state index is 12.4. The second-order valence-corrected chi connectivity index (χ2v) is 8.48. The Morgan fingerprint density at radius 1 is 1.03 bits per heavy atom. The molecule has 0 saturated heterocycles. The zero-order chi connectivity index (χ0) is 24.2. The molecule has 4 aromatic heterocycles. The summed E-state index contributed by atoms with van der Waals surface area (Å²) in [5.74, 6) is 0.440. The zero-order valence-electron chi connectivity index (χ0n) is 19.7. The third kappa shape index (κ3) is 4.83. The molecule has 0 unspecified atom stereocenters. The lowest BCUT2D eigenvalue weighted by molar-refractivity contribution is 0.200. The predicted molar refractivity (Wildman–Crippen MR) is 136 cm³/mol. The van der Waals surface area contributed by atoms with E-state index in [2.05, 4.69) is 20.2 Å². The highest BCUT2D eigenvalue weighted by atomic mass is 16.6. The second-order valence-electron chi connectivity index (χ2n) is 8.48. The molecule has 35 heavy (non-hydrogen) atoms. The summed E-state index contributed by atoms with van der Waals surface area (Å²) in [5.41, 5.74) is 5.08. The van der Waals surface area contributed by atoms with Gasteiger partial charge in [-0.2, -0.15) is 5.10 Å². The van der Waals surface area contributed by atoms with Gasteiger partial charge >= 0.3 is 6.09 Å². The number of nitrogens with one attached hydrogen (secondary N) is 1. The smallest absolute Gasteiger partial charge is 0.410 e. The van der Waals surface area contributed by atoms with Crippen molar-refractivity contribution in [2.24, 2.45) is 0 Å². The molecule has 5 aromatic rings. The average Bonchev–Trinajstić information content (AvgIpc) is 3.25. The van der Waals surface area contributed by atoms with Crippen LogP contribution in [0.25, 0.3) is 38.9 Å². The first kappa shape index (κ1) is 22.5. The van der Waals surface area contributed by atoms with E-state index < -0.39 is 6.09 Å². The van der Waals surface area contributed by atoms with Gasteiger partial charge in [0.1, 0.15) is 11.4 Å². The maximum Gasteiger partial charge on any atom is 0.412 e. The lowest BCUT2D eigenvalue weighted by Crippen LogP contribution is -2.29. The van der Waals surface area contributed by atoms with Gasteiger partial charge in [-0.3, -0.25) is 9.97 Å². The van der Waals surface area contributed by atoms with Gasteiger partial charge < -0.3 is 15.0 Å². The number of para-hydroxylation sites is 1. The number of fused-ring (bicyclic) bond motifs is 2. The minimum absolute atomic E-state index is 0.440. The van der Waals surface area contributed by atoms with E-state index in [-0.39, 0.29) is 0 Å². The number of ether oxygens (including phenoxy) is 1. The number of aromatic nitrogens is 4. The number of hydrogen-bond acceptors (Lipinski definition) is 6. The molecule has 0 bridgehead atoms. The molecule has 0 atom stereocenters. The van der Waals surface area contributed by atoms with Crippen molar-refractivity contribution in [1.29, 1.82) is 0 Å². The van der Waals surface area contributed by atoms with Crippen LogP contribution in [-0.4, -0.2) is 57.8 Å². The van der Waals surface area contributed by atoms with E-state index in [1.807, 2.05) is 68.7 Å². The van der Waals surface area contributed by atoms with Gasteiger partial charge in [0.25, 0.3) is 0 Å². The Morgan fingerprint density at radius 2 is 1.89 bits per heavy atom. The van der Waals surface area contributed by atoms with Gasteiger partial charge in [0.2, 0.25) is 0 Å². The standard InChI is InChI=1S/C27H26N6O2/c1-32(2)16-7-14-30-27(34)35-19-12-17-33-24(18-19)25(26(31-33)23-10-5-6-13-28-23)21-11-15-29-22-9-4-3-8-20(21)22/h3-6,8-13,15,17-18H,7,14,16H2,1-2H3,(H,30,34). The Hall–Kier alpha value is -4.30. The third-order valence-corrected chi connectivity index (χ3v) is 5.69. The Balaban J connectivity index is 1.56. The Bertz CT molecular complexity index is 1470. The number of rotatable bonds is 7. The molecule has 0 aliphatic carbocycles. The van der Waals surface area contributed by atoms with Gasteiger partial charge in [0, 0.05) is 42.2 Å². The van der Waals surface area contributed by atoms with Crippen LogP contribution >= 0.6 is 0 Å². The molecular weight excluding hydrogens is 440 g/mol.